The van der Waals surface area contributed by atoms with Gasteiger partial charge in [0, 0.05) is 33.4 Å². The van der Waals surface area contributed by atoms with Crippen molar-refractivity contribution in [3.05, 3.63) is 205 Å². The summed E-state index contributed by atoms with van der Waals surface area (Å²) in [4.78, 5) is 17.2. The van der Waals surface area contributed by atoms with Gasteiger partial charge in [-0.15, -0.1) is 0 Å². The van der Waals surface area contributed by atoms with E-state index in [-0.39, 0.29) is 0 Å². The highest BCUT2D eigenvalue weighted by Gasteiger charge is 2.17. The highest BCUT2D eigenvalue weighted by Crippen LogP contribution is 2.35. The summed E-state index contributed by atoms with van der Waals surface area (Å²) < 4.78 is 12.3. The van der Waals surface area contributed by atoms with Crippen LogP contribution in [0.4, 0.5) is 0 Å². The van der Waals surface area contributed by atoms with Crippen molar-refractivity contribution in [3.8, 4) is 79.3 Å². The van der Waals surface area contributed by atoms with E-state index >= 15 is 0 Å². The molecular weight excluding hydrogens is 689 g/mol. The predicted octanol–water partition coefficient (Wildman–Crippen LogP) is 12.3. The van der Waals surface area contributed by atoms with Crippen LogP contribution in [0.5, 0.6) is 11.5 Å². The molecule has 2 N–H and O–H groups in total. The predicted molar refractivity (Wildman–Crippen MR) is 225 cm³/mol. The Labute approximate surface area is 326 Å². The van der Waals surface area contributed by atoms with Gasteiger partial charge in [-0.25, -0.2) is 9.97 Å². The summed E-state index contributed by atoms with van der Waals surface area (Å²) in [6.45, 7) is 0.924. The van der Waals surface area contributed by atoms with Crippen LogP contribution < -0.4 is 9.47 Å². The first-order valence-electron chi connectivity index (χ1n) is 18.7. The van der Waals surface area contributed by atoms with Crippen LogP contribution in [-0.2, 0) is 13.2 Å². The molecule has 0 saturated carbocycles. The molecule has 9 aromatic rings. The van der Waals surface area contributed by atoms with E-state index in [0.29, 0.717) is 13.2 Å². The fraction of sp³-hybridized carbons (Fsp3) is 0.0400. The number of aromatic amines is 2. The Morgan fingerprint density at radius 2 is 0.643 bits per heavy atom. The smallest absolute Gasteiger partial charge is 0.138 e. The molecule has 7 aromatic carbocycles. The monoisotopic (exact) mass is 726 g/mol. The zero-order valence-electron chi connectivity index (χ0n) is 30.6. The van der Waals surface area contributed by atoms with Crippen molar-refractivity contribution in [2.45, 2.75) is 13.2 Å². The van der Waals surface area contributed by atoms with Crippen molar-refractivity contribution >= 4 is 0 Å². The molecule has 0 amide bonds. The van der Waals surface area contributed by atoms with Gasteiger partial charge in [-0.1, -0.05) is 146 Å². The maximum absolute atomic E-state index is 6.16. The largest absolute Gasteiger partial charge is 0.489 e. The molecule has 0 aliphatic heterocycles. The Morgan fingerprint density at radius 3 is 0.982 bits per heavy atom. The zero-order valence-corrected chi connectivity index (χ0v) is 30.6. The highest BCUT2D eigenvalue weighted by atomic mass is 16.5. The molecule has 0 aliphatic carbocycles. The van der Waals surface area contributed by atoms with Gasteiger partial charge in [-0.3, -0.25) is 0 Å². The Morgan fingerprint density at radius 1 is 0.321 bits per heavy atom. The Hall–Kier alpha value is -7.44. The van der Waals surface area contributed by atoms with Crippen molar-refractivity contribution in [3.63, 3.8) is 0 Å². The first kappa shape index (κ1) is 34.3. The number of nitrogens with one attached hydrogen (secondary N) is 2. The van der Waals surface area contributed by atoms with Crippen molar-refractivity contribution in [2.24, 2.45) is 0 Å². The normalized spacial score (nSPS) is 11.0. The first-order valence-corrected chi connectivity index (χ1v) is 18.7. The lowest BCUT2D eigenvalue weighted by Crippen LogP contribution is -1.98. The number of aromatic nitrogens is 4. The van der Waals surface area contributed by atoms with E-state index in [4.69, 9.17) is 19.4 Å². The topological polar surface area (TPSA) is 75.8 Å². The quantitative estimate of drug-likeness (QED) is 0.131. The van der Waals surface area contributed by atoms with Crippen LogP contribution in [0, 0.1) is 0 Å². The Bertz CT molecular complexity index is 2330. The van der Waals surface area contributed by atoms with E-state index in [1.165, 1.54) is 0 Å². The summed E-state index contributed by atoms with van der Waals surface area (Å²) in [5.74, 6) is 3.22. The third kappa shape index (κ3) is 7.63. The van der Waals surface area contributed by atoms with Crippen molar-refractivity contribution in [1.29, 1.82) is 0 Å². The van der Waals surface area contributed by atoms with Crippen molar-refractivity contribution in [1.82, 2.24) is 19.9 Å². The third-order valence-corrected chi connectivity index (χ3v) is 9.72. The fourth-order valence-electron chi connectivity index (χ4n) is 6.74. The van der Waals surface area contributed by atoms with Gasteiger partial charge in [0.1, 0.15) is 36.4 Å². The van der Waals surface area contributed by atoms with E-state index in [0.717, 1.165) is 90.4 Å². The summed E-state index contributed by atoms with van der Waals surface area (Å²) >= 11 is 0. The van der Waals surface area contributed by atoms with Gasteiger partial charge in [-0.05, 0) is 59.7 Å². The second-order valence-electron chi connectivity index (χ2n) is 13.5. The average molecular weight is 727 g/mol. The molecule has 0 spiro atoms. The van der Waals surface area contributed by atoms with E-state index in [2.05, 4.69) is 82.8 Å². The third-order valence-electron chi connectivity index (χ3n) is 9.72. The van der Waals surface area contributed by atoms with Crippen LogP contribution in [0.25, 0.3) is 67.8 Å². The molecule has 9 rings (SSSR count). The molecule has 6 heteroatoms. The molecule has 2 aromatic heterocycles. The number of ether oxygens (including phenoxy) is 2. The minimum absolute atomic E-state index is 0.462. The summed E-state index contributed by atoms with van der Waals surface area (Å²) in [5.41, 5.74) is 12.3. The number of rotatable bonds is 12. The molecule has 0 saturated heterocycles. The Kier molecular flexibility index (Phi) is 9.74. The van der Waals surface area contributed by atoms with Crippen molar-refractivity contribution in [2.75, 3.05) is 0 Å². The fourth-order valence-corrected chi connectivity index (χ4v) is 6.74. The van der Waals surface area contributed by atoms with Gasteiger partial charge in [-0.2, -0.15) is 0 Å². The van der Waals surface area contributed by atoms with Gasteiger partial charge >= 0.3 is 0 Å². The Balaban J connectivity index is 0.815. The van der Waals surface area contributed by atoms with Crippen LogP contribution in [0.3, 0.4) is 0 Å². The number of H-pyrrole nitrogens is 2. The molecular formula is C50H38N4O2. The summed E-state index contributed by atoms with van der Waals surface area (Å²) in [5, 5.41) is 0. The lowest BCUT2D eigenvalue weighted by molar-refractivity contribution is 0.302. The van der Waals surface area contributed by atoms with E-state index in [1.807, 2.05) is 121 Å². The minimum atomic E-state index is 0.462. The summed E-state index contributed by atoms with van der Waals surface area (Å²) in [6.07, 6.45) is 0. The van der Waals surface area contributed by atoms with Gasteiger partial charge in [0.25, 0.3) is 0 Å². The average Bonchev–Trinajstić information content (AvgIpc) is 3.94. The molecule has 56 heavy (non-hydrogen) atoms. The summed E-state index contributed by atoms with van der Waals surface area (Å²) in [6, 6.07) is 65.7. The number of hydrogen-bond donors (Lipinski definition) is 2. The lowest BCUT2D eigenvalue weighted by atomic mass is 10.1. The zero-order chi connectivity index (χ0) is 37.5. The maximum atomic E-state index is 6.16. The number of benzene rings is 7. The van der Waals surface area contributed by atoms with Gasteiger partial charge in [0.15, 0.2) is 0 Å². The molecule has 0 aliphatic rings. The standard InChI is InChI=1S/C50H38N4O2/c1-5-13-37(14-6-1)45-46(38-15-7-2-8-16-38)52-49(51-45)41-25-29-43(30-26-41)55-33-35-21-23-36(24-22-35)34-56-44-31-27-42(28-32-44)50-53-47(39-17-9-3-10-18-39)48(54-50)40-19-11-4-12-20-40/h1-32H,33-34H2,(H,51,52)(H,53,54). The molecule has 0 radical (unpaired) electrons. The number of imidazole rings is 2. The molecule has 6 nitrogen and oxygen atoms in total. The molecule has 0 atom stereocenters. The van der Waals surface area contributed by atoms with Crippen LogP contribution in [0.15, 0.2) is 194 Å². The number of nitrogens with zero attached hydrogens (tertiary/aromatic N) is 2. The SMILES string of the molecule is c1ccc(-c2nc(-c3ccc(OCc4ccc(COc5ccc(-c6nc(-c7ccccc7)c(-c7ccccc7)[nH]6)cc5)cc4)cc3)[nH]c2-c2ccccc2)cc1. The van der Waals surface area contributed by atoms with Crippen molar-refractivity contribution < 1.29 is 9.47 Å². The minimum Gasteiger partial charge on any atom is -0.489 e. The van der Waals surface area contributed by atoms with Gasteiger partial charge in [0.05, 0.1) is 22.8 Å². The second kappa shape index (κ2) is 15.9. The van der Waals surface area contributed by atoms with Crippen LogP contribution >= 0.6 is 0 Å². The van der Waals surface area contributed by atoms with Crippen LogP contribution in [-0.4, -0.2) is 19.9 Å². The molecule has 0 fully saturated rings. The van der Waals surface area contributed by atoms with Crippen LogP contribution in [0.1, 0.15) is 11.1 Å². The van der Waals surface area contributed by atoms with E-state index in [9.17, 15) is 0 Å². The van der Waals surface area contributed by atoms with Gasteiger partial charge < -0.3 is 19.4 Å². The summed E-state index contributed by atoms with van der Waals surface area (Å²) in [7, 11) is 0. The second-order valence-corrected chi connectivity index (χ2v) is 13.5. The molecule has 0 unspecified atom stereocenters. The highest BCUT2D eigenvalue weighted by molar-refractivity contribution is 5.82. The number of hydrogen-bond acceptors (Lipinski definition) is 4. The maximum Gasteiger partial charge on any atom is 0.138 e. The van der Waals surface area contributed by atoms with E-state index < -0.39 is 0 Å². The van der Waals surface area contributed by atoms with Gasteiger partial charge in [0.2, 0.25) is 0 Å². The van der Waals surface area contributed by atoms with Crippen LogP contribution in [0.2, 0.25) is 0 Å². The molecule has 0 bridgehead atoms. The molecule has 2 heterocycles. The lowest BCUT2D eigenvalue weighted by Gasteiger charge is -2.09. The molecule has 270 valence electrons. The first-order chi connectivity index (χ1) is 27.7. The van der Waals surface area contributed by atoms with E-state index in [1.54, 1.807) is 0 Å².